The maximum atomic E-state index is 13.6. The van der Waals surface area contributed by atoms with E-state index >= 15 is 0 Å². The maximum Gasteiger partial charge on any atom is 0.115 e. The summed E-state index contributed by atoms with van der Waals surface area (Å²) in [5.41, 5.74) is 1.03. The molecule has 0 spiro atoms. The predicted octanol–water partition coefficient (Wildman–Crippen LogP) is 2.61. The first-order valence-electron chi connectivity index (χ1n) is 4.56. The van der Waals surface area contributed by atoms with E-state index in [1.54, 1.807) is 19.1 Å². The molecule has 0 bridgehead atoms. The topological polar surface area (TPSA) is 20.2 Å². The summed E-state index contributed by atoms with van der Waals surface area (Å²) in [4.78, 5) is 0. The van der Waals surface area contributed by atoms with Crippen LogP contribution in [0, 0.1) is 0 Å². The smallest absolute Gasteiger partial charge is 0.115 e. The molecule has 1 aromatic rings. The lowest BCUT2D eigenvalue weighted by molar-refractivity contribution is 0.166. The molecule has 0 aromatic heterocycles. The maximum absolute atomic E-state index is 13.6. The van der Waals surface area contributed by atoms with E-state index in [4.69, 9.17) is 0 Å². The van der Waals surface area contributed by atoms with Gasteiger partial charge in [0.2, 0.25) is 0 Å². The van der Waals surface area contributed by atoms with E-state index < -0.39 is 5.67 Å². The van der Waals surface area contributed by atoms with Gasteiger partial charge in [-0.05, 0) is 43.0 Å². The van der Waals surface area contributed by atoms with Crippen molar-refractivity contribution in [2.75, 3.05) is 0 Å². The molecule has 1 aliphatic rings. The lowest BCUT2D eigenvalue weighted by atomic mass is 9.83. The van der Waals surface area contributed by atoms with Gasteiger partial charge in [0.15, 0.2) is 0 Å². The zero-order chi connectivity index (χ0) is 9.47. The standard InChI is InChI=1S/C11H13FO/c1-11(12)5-4-8-2-3-10(13)6-9(8)7-11/h2-3,6,13H,4-5,7H2,1H3. The molecule has 2 rings (SSSR count). The van der Waals surface area contributed by atoms with Gasteiger partial charge in [-0.3, -0.25) is 0 Å². The van der Waals surface area contributed by atoms with Crippen LogP contribution in [0.5, 0.6) is 5.75 Å². The average molecular weight is 180 g/mol. The quantitative estimate of drug-likeness (QED) is 0.650. The summed E-state index contributed by atoms with van der Waals surface area (Å²) in [6.45, 7) is 1.62. The third-order valence-electron chi connectivity index (χ3n) is 2.66. The molecule has 1 aliphatic carbocycles. The van der Waals surface area contributed by atoms with Crippen molar-refractivity contribution in [2.45, 2.75) is 31.9 Å². The third-order valence-corrected chi connectivity index (χ3v) is 2.66. The molecular weight excluding hydrogens is 167 g/mol. The van der Waals surface area contributed by atoms with Crippen LogP contribution in [-0.4, -0.2) is 10.8 Å². The summed E-state index contributed by atoms with van der Waals surface area (Å²) in [6.07, 6.45) is 1.80. The molecule has 1 unspecified atom stereocenters. The van der Waals surface area contributed by atoms with Gasteiger partial charge < -0.3 is 5.11 Å². The lowest BCUT2D eigenvalue weighted by Crippen LogP contribution is -2.27. The molecule has 1 atom stereocenters. The number of rotatable bonds is 0. The summed E-state index contributed by atoms with van der Waals surface area (Å²) in [7, 11) is 0. The first kappa shape index (κ1) is 8.54. The summed E-state index contributed by atoms with van der Waals surface area (Å²) in [6, 6.07) is 5.23. The first-order chi connectivity index (χ1) is 6.07. The van der Waals surface area contributed by atoms with Gasteiger partial charge in [0.1, 0.15) is 11.4 Å². The minimum Gasteiger partial charge on any atom is -0.508 e. The van der Waals surface area contributed by atoms with Crippen molar-refractivity contribution in [3.05, 3.63) is 29.3 Å². The number of fused-ring (bicyclic) bond motifs is 1. The molecule has 0 heterocycles. The molecule has 0 aliphatic heterocycles. The Morgan fingerprint density at radius 1 is 1.38 bits per heavy atom. The number of phenolic OH excluding ortho intramolecular Hbond substituents is 1. The van der Waals surface area contributed by atoms with E-state index in [0.29, 0.717) is 12.8 Å². The highest BCUT2D eigenvalue weighted by Gasteiger charge is 2.29. The predicted molar refractivity (Wildman–Crippen MR) is 49.6 cm³/mol. The van der Waals surface area contributed by atoms with Crippen molar-refractivity contribution in [2.24, 2.45) is 0 Å². The fourth-order valence-electron chi connectivity index (χ4n) is 1.90. The van der Waals surface area contributed by atoms with Crippen LogP contribution < -0.4 is 0 Å². The average Bonchev–Trinajstić information content (AvgIpc) is 2.01. The summed E-state index contributed by atoms with van der Waals surface area (Å²) >= 11 is 0. The highest BCUT2D eigenvalue weighted by atomic mass is 19.1. The van der Waals surface area contributed by atoms with Gasteiger partial charge in [0, 0.05) is 6.42 Å². The fraction of sp³-hybridized carbons (Fsp3) is 0.455. The molecule has 1 N–H and O–H groups in total. The summed E-state index contributed by atoms with van der Waals surface area (Å²) in [5, 5.41) is 9.24. The second kappa shape index (κ2) is 2.72. The Morgan fingerprint density at radius 3 is 2.92 bits per heavy atom. The number of hydrogen-bond acceptors (Lipinski definition) is 1. The van der Waals surface area contributed by atoms with Crippen LogP contribution in [0.4, 0.5) is 4.39 Å². The van der Waals surface area contributed by atoms with Gasteiger partial charge in [0.25, 0.3) is 0 Å². The van der Waals surface area contributed by atoms with Gasteiger partial charge in [-0.2, -0.15) is 0 Å². The second-order valence-corrected chi connectivity index (χ2v) is 4.04. The Bertz CT molecular complexity index is 331. The van der Waals surface area contributed by atoms with Crippen molar-refractivity contribution < 1.29 is 9.50 Å². The SMILES string of the molecule is CC1(F)CCc2ccc(O)cc2C1. The van der Waals surface area contributed by atoms with E-state index in [9.17, 15) is 9.50 Å². The van der Waals surface area contributed by atoms with Gasteiger partial charge in [-0.1, -0.05) is 6.07 Å². The van der Waals surface area contributed by atoms with E-state index in [0.717, 1.165) is 12.0 Å². The van der Waals surface area contributed by atoms with E-state index in [2.05, 4.69) is 0 Å². The minimum atomic E-state index is -1.10. The number of hydrogen-bond donors (Lipinski definition) is 1. The number of phenols is 1. The second-order valence-electron chi connectivity index (χ2n) is 4.04. The Balaban J connectivity index is 2.38. The normalized spacial score (nSPS) is 26.9. The van der Waals surface area contributed by atoms with Crippen molar-refractivity contribution in [3.63, 3.8) is 0 Å². The van der Waals surface area contributed by atoms with Crippen LogP contribution in [0.25, 0.3) is 0 Å². The van der Waals surface area contributed by atoms with Crippen LogP contribution in [0.2, 0.25) is 0 Å². The molecule has 0 radical (unpaired) electrons. The number of aryl methyl sites for hydroxylation is 1. The fourth-order valence-corrected chi connectivity index (χ4v) is 1.90. The first-order valence-corrected chi connectivity index (χ1v) is 4.56. The zero-order valence-electron chi connectivity index (χ0n) is 7.68. The molecule has 0 fully saturated rings. The van der Waals surface area contributed by atoms with E-state index in [1.807, 2.05) is 6.07 Å². The molecule has 0 saturated heterocycles. The molecule has 70 valence electrons. The Labute approximate surface area is 77.2 Å². The number of aromatic hydroxyl groups is 1. The van der Waals surface area contributed by atoms with Crippen molar-refractivity contribution >= 4 is 0 Å². The molecule has 2 heteroatoms. The Kier molecular flexibility index (Phi) is 1.79. The van der Waals surface area contributed by atoms with E-state index in [-0.39, 0.29) is 5.75 Å². The molecule has 1 nitrogen and oxygen atoms in total. The lowest BCUT2D eigenvalue weighted by Gasteiger charge is -2.27. The number of alkyl halides is 1. The van der Waals surface area contributed by atoms with Crippen LogP contribution in [0.1, 0.15) is 24.5 Å². The van der Waals surface area contributed by atoms with Crippen LogP contribution in [-0.2, 0) is 12.8 Å². The summed E-state index contributed by atoms with van der Waals surface area (Å²) in [5.74, 6) is 0.233. The molecule has 0 amide bonds. The van der Waals surface area contributed by atoms with Gasteiger partial charge in [-0.25, -0.2) is 4.39 Å². The summed E-state index contributed by atoms with van der Waals surface area (Å²) < 4.78 is 13.6. The zero-order valence-corrected chi connectivity index (χ0v) is 7.68. The minimum absolute atomic E-state index is 0.233. The van der Waals surface area contributed by atoms with Crippen molar-refractivity contribution in [1.29, 1.82) is 0 Å². The highest BCUT2D eigenvalue weighted by Crippen LogP contribution is 2.32. The molecule has 1 aromatic carbocycles. The van der Waals surface area contributed by atoms with Gasteiger partial charge in [-0.15, -0.1) is 0 Å². The molecular formula is C11H13FO. The molecule has 13 heavy (non-hydrogen) atoms. The van der Waals surface area contributed by atoms with Crippen molar-refractivity contribution in [1.82, 2.24) is 0 Å². The largest absolute Gasteiger partial charge is 0.508 e. The molecule has 0 saturated carbocycles. The van der Waals surface area contributed by atoms with E-state index in [1.165, 1.54) is 5.56 Å². The van der Waals surface area contributed by atoms with Crippen LogP contribution in [0.3, 0.4) is 0 Å². The van der Waals surface area contributed by atoms with Crippen molar-refractivity contribution in [3.8, 4) is 5.75 Å². The van der Waals surface area contributed by atoms with Gasteiger partial charge in [0.05, 0.1) is 0 Å². The van der Waals surface area contributed by atoms with Crippen LogP contribution >= 0.6 is 0 Å². The Morgan fingerprint density at radius 2 is 2.15 bits per heavy atom. The highest BCUT2D eigenvalue weighted by molar-refractivity contribution is 5.37. The van der Waals surface area contributed by atoms with Gasteiger partial charge >= 0.3 is 0 Å². The van der Waals surface area contributed by atoms with Crippen LogP contribution in [0.15, 0.2) is 18.2 Å². The third kappa shape index (κ3) is 1.67. The number of benzene rings is 1. The monoisotopic (exact) mass is 180 g/mol. The Hall–Kier alpha value is -1.05. The number of halogens is 1.